The van der Waals surface area contributed by atoms with Gasteiger partial charge in [0, 0.05) is 19.3 Å². The third-order valence-corrected chi connectivity index (χ3v) is 4.48. The summed E-state index contributed by atoms with van der Waals surface area (Å²) in [6, 6.07) is 0. The summed E-state index contributed by atoms with van der Waals surface area (Å²) < 4.78 is 5.64. The number of esters is 1. The molecule has 0 bridgehead atoms. The molecule has 0 N–H and O–H groups in total. The van der Waals surface area contributed by atoms with Crippen LogP contribution in [0.2, 0.25) is 0 Å². The van der Waals surface area contributed by atoms with Crippen molar-refractivity contribution >= 4 is 11.8 Å². The highest BCUT2D eigenvalue weighted by Crippen LogP contribution is 2.50. The normalized spacial score (nSPS) is 27.1. The van der Waals surface area contributed by atoms with Crippen molar-refractivity contribution in [2.24, 2.45) is 5.41 Å². The summed E-state index contributed by atoms with van der Waals surface area (Å²) in [6.07, 6.45) is 5.14. The number of rotatable bonds is 2. The molecular weight excluding hydrogens is 204 g/mol. The molecule has 0 unspecified atom stereocenters. The minimum atomic E-state index is -0.309. The molecule has 3 nitrogen and oxygen atoms in total. The van der Waals surface area contributed by atoms with Crippen molar-refractivity contribution in [2.45, 2.75) is 64.4 Å². The van der Waals surface area contributed by atoms with E-state index in [1.807, 2.05) is 0 Å². The van der Waals surface area contributed by atoms with Crippen molar-refractivity contribution in [1.82, 2.24) is 0 Å². The fraction of sp³-hybridized carbons (Fsp3) is 0.846. The predicted octanol–water partition coefficient (Wildman–Crippen LogP) is 2.62. The zero-order chi connectivity index (χ0) is 11.8. The smallest absolute Gasteiger partial charge is 0.312 e. The van der Waals surface area contributed by atoms with Crippen LogP contribution in [0.25, 0.3) is 0 Å². The zero-order valence-electron chi connectivity index (χ0n) is 10.2. The van der Waals surface area contributed by atoms with Gasteiger partial charge in [-0.1, -0.05) is 13.8 Å². The van der Waals surface area contributed by atoms with E-state index in [2.05, 4.69) is 13.8 Å². The number of hydrogen-bond acceptors (Lipinski definition) is 3. The summed E-state index contributed by atoms with van der Waals surface area (Å²) in [4.78, 5) is 23.3. The van der Waals surface area contributed by atoms with E-state index in [-0.39, 0.29) is 17.0 Å². The molecule has 0 radical (unpaired) electrons. The molecule has 0 amide bonds. The van der Waals surface area contributed by atoms with Gasteiger partial charge in [-0.15, -0.1) is 0 Å². The first-order chi connectivity index (χ1) is 7.56. The Morgan fingerprint density at radius 1 is 1.12 bits per heavy atom. The van der Waals surface area contributed by atoms with Crippen LogP contribution in [0.5, 0.6) is 0 Å². The van der Waals surface area contributed by atoms with Crippen molar-refractivity contribution < 1.29 is 14.3 Å². The standard InChI is InChI=1S/C13H20O3/c1-3-12(4-2)9-13(16-11(12)15)7-5-10(14)6-8-13/h3-9H2,1-2H3. The van der Waals surface area contributed by atoms with Crippen molar-refractivity contribution in [3.63, 3.8) is 0 Å². The van der Waals surface area contributed by atoms with E-state index in [1.54, 1.807) is 0 Å². The fourth-order valence-corrected chi connectivity index (χ4v) is 3.08. The molecule has 2 fully saturated rings. The maximum absolute atomic E-state index is 12.0. The minimum Gasteiger partial charge on any atom is -0.459 e. The van der Waals surface area contributed by atoms with Gasteiger partial charge in [0.15, 0.2) is 0 Å². The molecule has 1 heterocycles. The summed E-state index contributed by atoms with van der Waals surface area (Å²) in [5, 5.41) is 0. The molecule has 1 saturated carbocycles. The van der Waals surface area contributed by atoms with Gasteiger partial charge in [-0.05, 0) is 25.7 Å². The van der Waals surface area contributed by atoms with Gasteiger partial charge in [0.05, 0.1) is 5.41 Å². The maximum atomic E-state index is 12.0. The highest BCUT2D eigenvalue weighted by Gasteiger charge is 2.55. The lowest BCUT2D eigenvalue weighted by Crippen LogP contribution is -2.34. The summed E-state index contributed by atoms with van der Waals surface area (Å²) in [5.74, 6) is 0.277. The quantitative estimate of drug-likeness (QED) is 0.677. The van der Waals surface area contributed by atoms with Crippen LogP contribution in [-0.4, -0.2) is 17.4 Å². The van der Waals surface area contributed by atoms with Crippen molar-refractivity contribution in [3.8, 4) is 0 Å². The van der Waals surface area contributed by atoms with Crippen LogP contribution in [0.3, 0.4) is 0 Å². The van der Waals surface area contributed by atoms with Crippen molar-refractivity contribution in [2.75, 3.05) is 0 Å². The topological polar surface area (TPSA) is 43.4 Å². The van der Waals surface area contributed by atoms with E-state index in [1.165, 1.54) is 0 Å². The second-order valence-electron chi connectivity index (χ2n) is 5.28. The number of carbonyl (C=O) groups excluding carboxylic acids is 2. The van der Waals surface area contributed by atoms with Crippen LogP contribution in [-0.2, 0) is 14.3 Å². The largest absolute Gasteiger partial charge is 0.459 e. The third kappa shape index (κ3) is 1.66. The summed E-state index contributed by atoms with van der Waals surface area (Å²) in [6.45, 7) is 4.11. The van der Waals surface area contributed by atoms with Gasteiger partial charge in [0.2, 0.25) is 0 Å². The first-order valence-corrected chi connectivity index (χ1v) is 6.31. The Kier molecular flexibility index (Phi) is 2.81. The Morgan fingerprint density at radius 3 is 2.12 bits per heavy atom. The molecule has 2 rings (SSSR count). The number of Topliss-reactive ketones (excluding diaryl/α,β-unsaturated/α-hetero) is 1. The van der Waals surface area contributed by atoms with Gasteiger partial charge in [0.25, 0.3) is 0 Å². The molecule has 1 saturated heterocycles. The highest BCUT2D eigenvalue weighted by molar-refractivity contribution is 5.82. The van der Waals surface area contributed by atoms with Crippen LogP contribution in [0.4, 0.5) is 0 Å². The Balaban J connectivity index is 2.16. The van der Waals surface area contributed by atoms with Crippen LogP contribution >= 0.6 is 0 Å². The molecule has 0 aromatic carbocycles. The maximum Gasteiger partial charge on any atom is 0.312 e. The Morgan fingerprint density at radius 2 is 1.69 bits per heavy atom. The first kappa shape index (κ1) is 11.6. The molecule has 0 atom stereocenters. The average molecular weight is 224 g/mol. The minimum absolute atomic E-state index is 0.0353. The van der Waals surface area contributed by atoms with E-state index in [9.17, 15) is 9.59 Å². The lowest BCUT2D eigenvalue weighted by molar-refractivity contribution is -0.157. The van der Waals surface area contributed by atoms with Crippen LogP contribution in [0.15, 0.2) is 0 Å². The fourth-order valence-electron chi connectivity index (χ4n) is 3.08. The molecule has 0 aromatic heterocycles. The Hall–Kier alpha value is -0.860. The second-order valence-corrected chi connectivity index (χ2v) is 5.28. The molecule has 90 valence electrons. The van der Waals surface area contributed by atoms with Crippen LogP contribution < -0.4 is 0 Å². The van der Waals surface area contributed by atoms with Gasteiger partial charge in [0.1, 0.15) is 11.4 Å². The molecule has 1 aliphatic heterocycles. The first-order valence-electron chi connectivity index (χ1n) is 6.31. The molecule has 1 aliphatic carbocycles. The summed E-state index contributed by atoms with van der Waals surface area (Å²) in [7, 11) is 0. The lowest BCUT2D eigenvalue weighted by atomic mass is 9.72. The van der Waals surface area contributed by atoms with E-state index < -0.39 is 0 Å². The lowest BCUT2D eigenvalue weighted by Gasteiger charge is -2.32. The SMILES string of the molecule is CCC1(CC)CC2(CCC(=O)CC2)OC1=O. The Bertz CT molecular complexity index is 305. The molecule has 0 aromatic rings. The van der Waals surface area contributed by atoms with Gasteiger partial charge in [-0.25, -0.2) is 0 Å². The number of hydrogen-bond donors (Lipinski definition) is 0. The molecule has 1 spiro atoms. The van der Waals surface area contributed by atoms with Crippen molar-refractivity contribution in [3.05, 3.63) is 0 Å². The van der Waals surface area contributed by atoms with E-state index >= 15 is 0 Å². The number of carbonyl (C=O) groups is 2. The summed E-state index contributed by atoms with van der Waals surface area (Å²) in [5.41, 5.74) is -0.586. The average Bonchev–Trinajstić information content (AvgIpc) is 2.57. The number of ketones is 1. The van der Waals surface area contributed by atoms with E-state index in [0.717, 1.165) is 32.1 Å². The zero-order valence-corrected chi connectivity index (χ0v) is 10.2. The predicted molar refractivity (Wildman–Crippen MR) is 59.9 cm³/mol. The van der Waals surface area contributed by atoms with Crippen LogP contribution in [0.1, 0.15) is 58.8 Å². The summed E-state index contributed by atoms with van der Waals surface area (Å²) >= 11 is 0. The second kappa shape index (κ2) is 3.86. The molecule has 2 aliphatic rings. The molecular formula is C13H20O3. The third-order valence-electron chi connectivity index (χ3n) is 4.48. The molecule has 16 heavy (non-hydrogen) atoms. The van der Waals surface area contributed by atoms with E-state index in [0.29, 0.717) is 18.6 Å². The van der Waals surface area contributed by atoms with Gasteiger partial charge in [-0.2, -0.15) is 0 Å². The number of ether oxygens (including phenoxy) is 1. The van der Waals surface area contributed by atoms with Gasteiger partial charge < -0.3 is 4.74 Å². The highest BCUT2D eigenvalue weighted by atomic mass is 16.6. The van der Waals surface area contributed by atoms with Crippen LogP contribution in [0, 0.1) is 5.41 Å². The molecule has 3 heteroatoms. The van der Waals surface area contributed by atoms with Gasteiger partial charge in [-0.3, -0.25) is 9.59 Å². The monoisotopic (exact) mass is 224 g/mol. The van der Waals surface area contributed by atoms with E-state index in [4.69, 9.17) is 4.74 Å². The van der Waals surface area contributed by atoms with Crippen molar-refractivity contribution in [1.29, 1.82) is 0 Å². The Labute approximate surface area is 96.5 Å². The van der Waals surface area contributed by atoms with Gasteiger partial charge >= 0.3 is 5.97 Å².